The number of amides is 2. The zero-order valence-electron chi connectivity index (χ0n) is 14.9. The predicted octanol–water partition coefficient (Wildman–Crippen LogP) is 2.28. The van der Waals surface area contributed by atoms with E-state index in [1.165, 1.54) is 0 Å². The fraction of sp³-hybridized carbons (Fsp3) is 0.875. The summed E-state index contributed by atoms with van der Waals surface area (Å²) in [6.07, 6.45) is 2.47. The van der Waals surface area contributed by atoms with Gasteiger partial charge in [-0.1, -0.05) is 27.7 Å². The second-order valence-electron chi connectivity index (χ2n) is 6.50. The molecule has 0 aliphatic heterocycles. The Morgan fingerprint density at radius 1 is 1.00 bits per heavy atom. The SMILES string of the molecule is CCCN(CCC)C(=O)CCC(=O)N(C)CC(C)(C)CN.Cl. The third kappa shape index (κ3) is 9.26. The largest absolute Gasteiger partial charge is 0.345 e. The number of hydrogen-bond acceptors (Lipinski definition) is 3. The minimum Gasteiger partial charge on any atom is -0.345 e. The van der Waals surface area contributed by atoms with Gasteiger partial charge in [0.2, 0.25) is 11.8 Å². The summed E-state index contributed by atoms with van der Waals surface area (Å²) in [6.45, 7) is 10.9. The normalized spacial score (nSPS) is 10.8. The Morgan fingerprint density at radius 2 is 1.45 bits per heavy atom. The number of nitrogens with zero attached hydrogens (tertiary/aromatic N) is 2. The molecule has 0 saturated carbocycles. The highest BCUT2D eigenvalue weighted by Gasteiger charge is 2.22. The minimum atomic E-state index is -0.0924. The van der Waals surface area contributed by atoms with Crippen molar-refractivity contribution in [2.75, 3.05) is 33.2 Å². The molecule has 5 nitrogen and oxygen atoms in total. The van der Waals surface area contributed by atoms with E-state index in [1.807, 2.05) is 18.7 Å². The van der Waals surface area contributed by atoms with Crippen molar-refractivity contribution in [2.24, 2.45) is 11.1 Å². The van der Waals surface area contributed by atoms with Gasteiger partial charge in [-0.25, -0.2) is 0 Å². The smallest absolute Gasteiger partial charge is 0.223 e. The Hall–Kier alpha value is -0.810. The summed E-state index contributed by atoms with van der Waals surface area (Å²) in [6, 6.07) is 0. The molecule has 0 aromatic heterocycles. The molecule has 0 radical (unpaired) electrons. The van der Waals surface area contributed by atoms with E-state index >= 15 is 0 Å². The maximum atomic E-state index is 12.1. The highest BCUT2D eigenvalue weighted by Crippen LogP contribution is 2.14. The number of rotatable bonds is 10. The summed E-state index contributed by atoms with van der Waals surface area (Å²) in [5, 5.41) is 0. The van der Waals surface area contributed by atoms with E-state index in [0.717, 1.165) is 25.9 Å². The Labute approximate surface area is 142 Å². The lowest BCUT2D eigenvalue weighted by Crippen LogP contribution is -2.40. The predicted molar refractivity (Wildman–Crippen MR) is 94.1 cm³/mol. The molecule has 2 N–H and O–H groups in total. The number of halogens is 1. The topological polar surface area (TPSA) is 66.6 Å². The first kappa shape index (κ1) is 23.5. The molecule has 0 aliphatic rings. The Morgan fingerprint density at radius 3 is 1.86 bits per heavy atom. The van der Waals surface area contributed by atoms with Crippen molar-refractivity contribution in [3.05, 3.63) is 0 Å². The second kappa shape index (κ2) is 11.7. The molecule has 0 aromatic rings. The van der Waals surface area contributed by atoms with Gasteiger partial charge in [-0.2, -0.15) is 0 Å². The third-order valence-corrected chi connectivity index (χ3v) is 3.54. The number of carbonyl (C=O) groups excluding carboxylic acids is 2. The average Bonchev–Trinajstić information content (AvgIpc) is 2.43. The summed E-state index contributed by atoms with van der Waals surface area (Å²) in [7, 11) is 1.78. The Kier molecular flexibility index (Phi) is 12.5. The van der Waals surface area contributed by atoms with Crippen LogP contribution in [0.1, 0.15) is 53.4 Å². The molecule has 0 bridgehead atoms. The molecule has 0 saturated heterocycles. The monoisotopic (exact) mass is 335 g/mol. The van der Waals surface area contributed by atoms with Gasteiger partial charge >= 0.3 is 0 Å². The summed E-state index contributed by atoms with van der Waals surface area (Å²) in [5.74, 6) is 0.0938. The molecule has 0 heterocycles. The molecule has 0 aromatic carbocycles. The van der Waals surface area contributed by atoms with Gasteiger partial charge in [0.15, 0.2) is 0 Å². The van der Waals surface area contributed by atoms with Crippen LogP contribution in [-0.2, 0) is 9.59 Å². The lowest BCUT2D eigenvalue weighted by atomic mass is 9.93. The lowest BCUT2D eigenvalue weighted by Gasteiger charge is -2.29. The van der Waals surface area contributed by atoms with E-state index in [0.29, 0.717) is 19.5 Å². The van der Waals surface area contributed by atoms with Crippen molar-refractivity contribution in [2.45, 2.75) is 53.4 Å². The van der Waals surface area contributed by atoms with Crippen LogP contribution in [0.15, 0.2) is 0 Å². The maximum absolute atomic E-state index is 12.1. The molecule has 6 heteroatoms. The van der Waals surface area contributed by atoms with Crippen LogP contribution in [0.3, 0.4) is 0 Å². The van der Waals surface area contributed by atoms with Crippen molar-refractivity contribution in [1.29, 1.82) is 0 Å². The van der Waals surface area contributed by atoms with Crippen LogP contribution in [-0.4, -0.2) is 54.8 Å². The van der Waals surface area contributed by atoms with Gasteiger partial charge in [-0.3, -0.25) is 9.59 Å². The molecule has 0 unspecified atom stereocenters. The van der Waals surface area contributed by atoms with Crippen LogP contribution < -0.4 is 5.73 Å². The first-order chi connectivity index (χ1) is 9.77. The maximum Gasteiger partial charge on any atom is 0.223 e. The van der Waals surface area contributed by atoms with E-state index in [2.05, 4.69) is 13.8 Å². The summed E-state index contributed by atoms with van der Waals surface area (Å²) < 4.78 is 0. The standard InChI is InChI=1S/C16H33N3O2.ClH/c1-6-10-19(11-7-2)15(21)9-8-14(20)18(5)13-16(3,4)12-17;/h6-13,17H2,1-5H3;1H. The van der Waals surface area contributed by atoms with Gasteiger partial charge in [-0.05, 0) is 24.8 Å². The highest BCUT2D eigenvalue weighted by molar-refractivity contribution is 5.85. The number of hydrogen-bond donors (Lipinski definition) is 1. The van der Waals surface area contributed by atoms with Crippen LogP contribution in [0.2, 0.25) is 0 Å². The van der Waals surface area contributed by atoms with E-state index in [4.69, 9.17) is 5.73 Å². The van der Waals surface area contributed by atoms with Gasteiger partial charge in [0.1, 0.15) is 0 Å². The summed E-state index contributed by atoms with van der Waals surface area (Å²) >= 11 is 0. The van der Waals surface area contributed by atoms with Gasteiger partial charge in [0.25, 0.3) is 0 Å². The summed E-state index contributed by atoms with van der Waals surface area (Å²) in [4.78, 5) is 27.8. The van der Waals surface area contributed by atoms with Crippen molar-refractivity contribution < 1.29 is 9.59 Å². The molecule has 132 valence electrons. The van der Waals surface area contributed by atoms with Gasteiger partial charge in [0, 0.05) is 39.5 Å². The van der Waals surface area contributed by atoms with Gasteiger partial charge in [-0.15, -0.1) is 12.4 Å². The van der Waals surface area contributed by atoms with Crippen molar-refractivity contribution in [1.82, 2.24) is 9.80 Å². The molecule has 0 atom stereocenters. The van der Waals surface area contributed by atoms with E-state index < -0.39 is 0 Å². The Bertz CT molecular complexity index is 329. The molecule has 0 fully saturated rings. The zero-order valence-corrected chi connectivity index (χ0v) is 15.7. The van der Waals surface area contributed by atoms with Crippen molar-refractivity contribution in [3.63, 3.8) is 0 Å². The molecule has 0 rings (SSSR count). The quantitative estimate of drug-likeness (QED) is 0.666. The molecule has 22 heavy (non-hydrogen) atoms. The number of carbonyl (C=O) groups is 2. The van der Waals surface area contributed by atoms with Crippen molar-refractivity contribution in [3.8, 4) is 0 Å². The fourth-order valence-electron chi connectivity index (χ4n) is 2.26. The van der Waals surface area contributed by atoms with E-state index in [9.17, 15) is 9.59 Å². The Balaban J connectivity index is 0. The first-order valence-electron chi connectivity index (χ1n) is 7.99. The van der Waals surface area contributed by atoms with E-state index in [1.54, 1.807) is 11.9 Å². The highest BCUT2D eigenvalue weighted by atomic mass is 35.5. The van der Waals surface area contributed by atoms with Crippen LogP contribution in [0.4, 0.5) is 0 Å². The lowest BCUT2D eigenvalue weighted by molar-refractivity contribution is -0.137. The van der Waals surface area contributed by atoms with Crippen LogP contribution >= 0.6 is 12.4 Å². The van der Waals surface area contributed by atoms with Gasteiger partial charge < -0.3 is 15.5 Å². The van der Waals surface area contributed by atoms with Crippen LogP contribution in [0.5, 0.6) is 0 Å². The molecule has 2 amide bonds. The average molecular weight is 336 g/mol. The van der Waals surface area contributed by atoms with Crippen LogP contribution in [0.25, 0.3) is 0 Å². The third-order valence-electron chi connectivity index (χ3n) is 3.54. The molecule has 0 aliphatic carbocycles. The van der Waals surface area contributed by atoms with Gasteiger partial charge in [0.05, 0.1) is 0 Å². The molecule has 0 spiro atoms. The fourth-order valence-corrected chi connectivity index (χ4v) is 2.26. The van der Waals surface area contributed by atoms with Crippen molar-refractivity contribution >= 4 is 24.2 Å². The van der Waals surface area contributed by atoms with Crippen LogP contribution in [0, 0.1) is 5.41 Å². The zero-order chi connectivity index (χ0) is 16.5. The second-order valence-corrected chi connectivity index (χ2v) is 6.50. The minimum absolute atomic E-state index is 0. The molecular formula is C16H34ClN3O2. The summed E-state index contributed by atoms with van der Waals surface area (Å²) in [5.41, 5.74) is 5.59. The molecular weight excluding hydrogens is 302 g/mol. The first-order valence-corrected chi connectivity index (χ1v) is 7.99. The number of nitrogens with two attached hydrogens (primary N) is 1. The van der Waals surface area contributed by atoms with E-state index in [-0.39, 0.29) is 36.1 Å².